The number of anilines is 2. The molecule has 3 aromatic rings. The first kappa shape index (κ1) is 17.4. The number of hydrogen-bond donors (Lipinski definition) is 3. The zero-order valence-electron chi connectivity index (χ0n) is 14.6. The van der Waals surface area contributed by atoms with Crippen molar-refractivity contribution in [2.75, 3.05) is 19.0 Å². The molecule has 2 heterocycles. The van der Waals surface area contributed by atoms with E-state index in [1.807, 2.05) is 18.2 Å². The van der Waals surface area contributed by atoms with Gasteiger partial charge >= 0.3 is 0 Å². The lowest BCUT2D eigenvalue weighted by Crippen LogP contribution is -2.11. The van der Waals surface area contributed by atoms with Crippen molar-refractivity contribution in [1.82, 2.24) is 25.5 Å². The monoisotopic (exact) mass is 349 g/mol. The van der Waals surface area contributed by atoms with Crippen LogP contribution in [0.25, 0.3) is 16.1 Å². The first-order chi connectivity index (χ1) is 12.7. The van der Waals surface area contributed by atoms with Crippen LogP contribution < -0.4 is 15.4 Å². The maximum atomic E-state index is 6.89. The highest BCUT2D eigenvalue weighted by Gasteiger charge is 2.11. The van der Waals surface area contributed by atoms with Gasteiger partial charge in [0.2, 0.25) is 0 Å². The molecule has 0 aliphatic rings. The van der Waals surface area contributed by atoms with Crippen molar-refractivity contribution in [3.8, 4) is 17.0 Å². The molecule has 3 N–H and O–H groups in total. The van der Waals surface area contributed by atoms with Crippen molar-refractivity contribution in [3.63, 3.8) is 0 Å². The van der Waals surface area contributed by atoms with E-state index in [0.29, 0.717) is 11.6 Å². The van der Waals surface area contributed by atoms with Crippen LogP contribution >= 0.6 is 0 Å². The molecule has 3 rings (SSSR count). The van der Waals surface area contributed by atoms with E-state index in [-0.39, 0.29) is 5.82 Å². The van der Waals surface area contributed by atoms with Crippen LogP contribution in [0.3, 0.4) is 0 Å². The Hall–Kier alpha value is -3.44. The van der Waals surface area contributed by atoms with E-state index in [0.717, 1.165) is 35.7 Å². The Balaban J connectivity index is 1.79. The maximum absolute atomic E-state index is 6.89. The highest BCUT2D eigenvalue weighted by molar-refractivity contribution is 5.71. The largest absolute Gasteiger partial charge is 0.496 e. The van der Waals surface area contributed by atoms with Gasteiger partial charge in [-0.25, -0.2) is 4.98 Å². The average Bonchev–Trinajstić information content (AvgIpc) is 3.15. The van der Waals surface area contributed by atoms with E-state index in [9.17, 15) is 0 Å². The molecule has 0 saturated carbocycles. The fourth-order valence-electron chi connectivity index (χ4n) is 2.44. The van der Waals surface area contributed by atoms with Gasteiger partial charge in [-0.2, -0.15) is 5.10 Å². The molecule has 1 aromatic carbocycles. The third-order valence-corrected chi connectivity index (χ3v) is 3.72. The standard InChI is InChI=1S/C18H19N7O/c1-4-20-9-12-5-6-13(15(7-12)26-3)14-8-16(25-24-14)23-18-11-21-17(19-2)10-22-18/h5-8,10-11,20H,4,9H2,1,3H3,(H2,22,23,24,25). The van der Waals surface area contributed by atoms with Crippen LogP contribution in [0, 0.1) is 6.57 Å². The summed E-state index contributed by atoms with van der Waals surface area (Å²) in [5.74, 6) is 2.14. The van der Waals surface area contributed by atoms with Crippen molar-refractivity contribution in [2.24, 2.45) is 0 Å². The first-order valence-corrected chi connectivity index (χ1v) is 8.13. The Morgan fingerprint density at radius 2 is 2.08 bits per heavy atom. The fourth-order valence-corrected chi connectivity index (χ4v) is 2.44. The van der Waals surface area contributed by atoms with Crippen LogP contribution in [0.2, 0.25) is 0 Å². The lowest BCUT2D eigenvalue weighted by molar-refractivity contribution is 0.415. The van der Waals surface area contributed by atoms with Gasteiger partial charge in [-0.3, -0.25) is 5.10 Å². The number of rotatable bonds is 7. The Kier molecular flexibility index (Phi) is 5.41. The summed E-state index contributed by atoms with van der Waals surface area (Å²) in [6, 6.07) is 7.95. The van der Waals surface area contributed by atoms with Gasteiger partial charge in [0.05, 0.1) is 19.0 Å². The summed E-state index contributed by atoms with van der Waals surface area (Å²) >= 11 is 0. The van der Waals surface area contributed by atoms with Gasteiger partial charge < -0.3 is 20.2 Å². The van der Waals surface area contributed by atoms with Gasteiger partial charge in [0.25, 0.3) is 5.82 Å². The number of nitrogens with zero attached hydrogens (tertiary/aromatic N) is 4. The third-order valence-electron chi connectivity index (χ3n) is 3.72. The van der Waals surface area contributed by atoms with Crippen molar-refractivity contribution < 1.29 is 4.74 Å². The van der Waals surface area contributed by atoms with E-state index in [1.54, 1.807) is 7.11 Å². The molecule has 0 atom stereocenters. The fraction of sp³-hybridized carbons (Fsp3) is 0.222. The van der Waals surface area contributed by atoms with Gasteiger partial charge in [0.15, 0.2) is 17.8 Å². The second-order valence-electron chi connectivity index (χ2n) is 5.48. The average molecular weight is 349 g/mol. The summed E-state index contributed by atoms with van der Waals surface area (Å²) in [5.41, 5.74) is 2.90. The predicted molar refractivity (Wildman–Crippen MR) is 99.5 cm³/mol. The van der Waals surface area contributed by atoms with Gasteiger partial charge in [-0.15, -0.1) is 4.98 Å². The molecule has 0 unspecified atom stereocenters. The number of H-pyrrole nitrogens is 1. The molecular weight excluding hydrogens is 330 g/mol. The molecule has 0 radical (unpaired) electrons. The number of benzene rings is 1. The third kappa shape index (κ3) is 3.96. The van der Waals surface area contributed by atoms with Crippen LogP contribution in [-0.4, -0.2) is 33.8 Å². The molecule has 0 fully saturated rings. The molecule has 0 saturated heterocycles. The van der Waals surface area contributed by atoms with E-state index >= 15 is 0 Å². The number of aromatic nitrogens is 4. The summed E-state index contributed by atoms with van der Waals surface area (Å²) in [4.78, 5) is 11.3. The molecule has 26 heavy (non-hydrogen) atoms. The summed E-state index contributed by atoms with van der Waals surface area (Å²) in [7, 11) is 1.65. The molecule has 0 aliphatic heterocycles. The normalized spacial score (nSPS) is 10.3. The summed E-state index contributed by atoms with van der Waals surface area (Å²) in [5, 5.41) is 13.6. The zero-order chi connectivity index (χ0) is 18.4. The summed E-state index contributed by atoms with van der Waals surface area (Å²) in [6.07, 6.45) is 2.91. The van der Waals surface area contributed by atoms with Crippen molar-refractivity contribution in [1.29, 1.82) is 0 Å². The van der Waals surface area contributed by atoms with Crippen molar-refractivity contribution in [3.05, 3.63) is 53.6 Å². The SMILES string of the molecule is [C-]#[N+]c1cnc(Nc2cc(-c3ccc(CNCC)cc3OC)[nH]n2)cn1. The van der Waals surface area contributed by atoms with Gasteiger partial charge in [-0.1, -0.05) is 19.6 Å². The quantitative estimate of drug-likeness (QED) is 0.567. The Bertz CT molecular complexity index is 912. The number of ether oxygens (including phenoxy) is 1. The van der Waals surface area contributed by atoms with Gasteiger partial charge in [0, 0.05) is 18.2 Å². The number of methoxy groups -OCH3 is 1. The minimum Gasteiger partial charge on any atom is -0.496 e. The van der Waals surface area contributed by atoms with Crippen LogP contribution in [0.4, 0.5) is 17.5 Å². The Morgan fingerprint density at radius 1 is 1.19 bits per heavy atom. The van der Waals surface area contributed by atoms with Crippen molar-refractivity contribution >= 4 is 17.5 Å². The number of aromatic amines is 1. The van der Waals surface area contributed by atoms with Crippen LogP contribution in [0.15, 0.2) is 36.7 Å². The van der Waals surface area contributed by atoms with E-state index in [1.165, 1.54) is 12.4 Å². The molecule has 0 spiro atoms. The Morgan fingerprint density at radius 3 is 2.77 bits per heavy atom. The van der Waals surface area contributed by atoms with E-state index < -0.39 is 0 Å². The molecule has 8 nitrogen and oxygen atoms in total. The molecule has 0 bridgehead atoms. The second kappa shape index (κ2) is 8.09. The smallest absolute Gasteiger partial charge is 0.288 e. The number of hydrogen-bond acceptors (Lipinski definition) is 6. The first-order valence-electron chi connectivity index (χ1n) is 8.13. The minimum atomic E-state index is 0.251. The van der Waals surface area contributed by atoms with Crippen LogP contribution in [0.1, 0.15) is 12.5 Å². The predicted octanol–water partition coefficient (Wildman–Crippen LogP) is 3.28. The molecule has 0 amide bonds. The molecule has 2 aromatic heterocycles. The molecule has 8 heteroatoms. The molecule has 0 aliphatic carbocycles. The summed E-state index contributed by atoms with van der Waals surface area (Å²) < 4.78 is 5.53. The highest BCUT2D eigenvalue weighted by atomic mass is 16.5. The van der Waals surface area contributed by atoms with E-state index in [4.69, 9.17) is 11.3 Å². The van der Waals surface area contributed by atoms with Crippen LogP contribution in [-0.2, 0) is 6.54 Å². The lowest BCUT2D eigenvalue weighted by atomic mass is 10.1. The summed E-state index contributed by atoms with van der Waals surface area (Å²) in [6.45, 7) is 10.7. The maximum Gasteiger partial charge on any atom is 0.288 e. The zero-order valence-corrected chi connectivity index (χ0v) is 14.6. The van der Waals surface area contributed by atoms with Crippen LogP contribution in [0.5, 0.6) is 5.75 Å². The van der Waals surface area contributed by atoms with Gasteiger partial charge in [-0.05, 0) is 24.2 Å². The Labute approximate surface area is 151 Å². The topological polar surface area (TPSA) is 92.1 Å². The highest BCUT2D eigenvalue weighted by Crippen LogP contribution is 2.31. The van der Waals surface area contributed by atoms with Crippen molar-refractivity contribution in [2.45, 2.75) is 13.5 Å². The van der Waals surface area contributed by atoms with E-state index in [2.05, 4.69) is 48.6 Å². The number of nitrogens with one attached hydrogen (secondary N) is 3. The van der Waals surface area contributed by atoms with Gasteiger partial charge in [0.1, 0.15) is 5.75 Å². The molecular formula is C18H19N7O. The second-order valence-corrected chi connectivity index (χ2v) is 5.48. The lowest BCUT2D eigenvalue weighted by Gasteiger charge is -2.09. The molecule has 132 valence electrons. The minimum absolute atomic E-state index is 0.251.